The number of carbonyl (C=O) groups excluding carboxylic acids is 1. The monoisotopic (exact) mass is 416 g/mol. The summed E-state index contributed by atoms with van der Waals surface area (Å²) in [4.78, 5) is 17.1. The second-order valence-electron chi connectivity index (χ2n) is 7.85. The van der Waals surface area contributed by atoms with Crippen LogP contribution in [0.15, 0.2) is 78.9 Å². The van der Waals surface area contributed by atoms with Crippen LogP contribution >= 0.6 is 0 Å². The predicted molar refractivity (Wildman–Crippen MR) is 122 cm³/mol. The Hall–Kier alpha value is -3.15. The van der Waals surface area contributed by atoms with E-state index in [9.17, 15) is 9.90 Å². The van der Waals surface area contributed by atoms with Crippen LogP contribution in [0, 0.1) is 0 Å². The van der Waals surface area contributed by atoms with Gasteiger partial charge in [0, 0.05) is 38.4 Å². The lowest BCUT2D eigenvalue weighted by molar-refractivity contribution is 0.0472. The number of carbonyl (C=O) groups is 1. The third-order valence-corrected chi connectivity index (χ3v) is 5.64. The van der Waals surface area contributed by atoms with Crippen LogP contribution in [0.3, 0.4) is 0 Å². The molecule has 0 radical (unpaired) electrons. The number of esters is 1. The Bertz CT molecular complexity index is 981. The molecule has 160 valence electrons. The van der Waals surface area contributed by atoms with Gasteiger partial charge in [0.25, 0.3) is 0 Å². The molecule has 1 aliphatic rings. The molecule has 0 atom stereocenters. The van der Waals surface area contributed by atoms with Gasteiger partial charge in [-0.05, 0) is 41.0 Å². The molecule has 0 spiro atoms. The lowest BCUT2D eigenvalue weighted by Crippen LogP contribution is -2.46. The molecule has 0 saturated carbocycles. The molecule has 0 unspecified atom stereocenters. The minimum absolute atomic E-state index is 0.0730. The molecule has 0 amide bonds. The van der Waals surface area contributed by atoms with E-state index < -0.39 is 0 Å². The van der Waals surface area contributed by atoms with Gasteiger partial charge in [0.15, 0.2) is 0 Å². The van der Waals surface area contributed by atoms with Crippen LogP contribution in [0.25, 0.3) is 0 Å². The van der Waals surface area contributed by atoms with Crippen molar-refractivity contribution in [3.8, 4) is 0 Å². The standard InChI is InChI=1S/C26H28N2O3/c29-19-23-7-4-8-25(17-23)28-15-13-27(14-16-28)18-21-9-11-24(12-10-21)26(30)31-20-22-5-2-1-3-6-22/h1-12,17,29H,13-16,18-20H2. The van der Waals surface area contributed by atoms with Crippen LogP contribution in [0.4, 0.5) is 5.69 Å². The van der Waals surface area contributed by atoms with E-state index in [-0.39, 0.29) is 19.2 Å². The molecule has 1 fully saturated rings. The zero-order valence-electron chi connectivity index (χ0n) is 17.6. The molecule has 0 bridgehead atoms. The van der Waals surface area contributed by atoms with Crippen LogP contribution in [0.5, 0.6) is 0 Å². The summed E-state index contributed by atoms with van der Waals surface area (Å²) in [5, 5.41) is 9.35. The highest BCUT2D eigenvalue weighted by Crippen LogP contribution is 2.19. The maximum absolute atomic E-state index is 12.3. The maximum atomic E-state index is 12.3. The normalized spacial score (nSPS) is 14.4. The molecule has 4 rings (SSSR count). The summed E-state index contributed by atoms with van der Waals surface area (Å²) in [7, 11) is 0. The number of ether oxygens (including phenoxy) is 1. The van der Waals surface area contributed by atoms with E-state index in [0.29, 0.717) is 5.56 Å². The SMILES string of the molecule is O=C(OCc1ccccc1)c1ccc(CN2CCN(c3cccc(CO)c3)CC2)cc1. The Morgan fingerprint density at radius 1 is 0.806 bits per heavy atom. The Kier molecular flexibility index (Phi) is 6.97. The lowest BCUT2D eigenvalue weighted by atomic mass is 10.1. The van der Waals surface area contributed by atoms with Crippen LogP contribution in [-0.4, -0.2) is 42.2 Å². The van der Waals surface area contributed by atoms with Gasteiger partial charge in [-0.25, -0.2) is 4.79 Å². The summed E-state index contributed by atoms with van der Waals surface area (Å²) in [6, 6.07) is 25.5. The zero-order chi connectivity index (χ0) is 21.5. The first-order valence-corrected chi connectivity index (χ1v) is 10.7. The van der Waals surface area contributed by atoms with Gasteiger partial charge < -0.3 is 14.7 Å². The number of aliphatic hydroxyl groups is 1. The summed E-state index contributed by atoms with van der Waals surface area (Å²) in [6.45, 7) is 5.09. The quantitative estimate of drug-likeness (QED) is 0.593. The first-order chi connectivity index (χ1) is 15.2. The first kappa shape index (κ1) is 21.1. The van der Waals surface area contributed by atoms with Crippen molar-refractivity contribution in [1.29, 1.82) is 0 Å². The summed E-state index contributed by atoms with van der Waals surface area (Å²) in [5.41, 5.74) is 4.87. The van der Waals surface area contributed by atoms with Crippen LogP contribution < -0.4 is 4.90 Å². The van der Waals surface area contributed by atoms with E-state index in [1.807, 2.05) is 66.7 Å². The predicted octanol–water partition coefficient (Wildman–Crippen LogP) is 3.86. The third-order valence-electron chi connectivity index (χ3n) is 5.64. The third kappa shape index (κ3) is 5.72. The second-order valence-corrected chi connectivity index (χ2v) is 7.85. The molecular formula is C26H28N2O3. The maximum Gasteiger partial charge on any atom is 0.338 e. The minimum Gasteiger partial charge on any atom is -0.457 e. The summed E-state index contributed by atoms with van der Waals surface area (Å²) in [6.07, 6.45) is 0. The van der Waals surface area contributed by atoms with Gasteiger partial charge in [0.1, 0.15) is 6.61 Å². The van der Waals surface area contributed by atoms with Crippen molar-refractivity contribution in [2.75, 3.05) is 31.1 Å². The fourth-order valence-electron chi connectivity index (χ4n) is 3.83. The van der Waals surface area contributed by atoms with Crippen molar-refractivity contribution < 1.29 is 14.6 Å². The van der Waals surface area contributed by atoms with Crippen molar-refractivity contribution in [1.82, 2.24) is 4.90 Å². The number of piperazine rings is 1. The second kappa shape index (κ2) is 10.2. The summed E-state index contributed by atoms with van der Waals surface area (Å²) < 4.78 is 5.40. The molecule has 5 heteroatoms. The van der Waals surface area contributed by atoms with Gasteiger partial charge in [-0.2, -0.15) is 0 Å². The number of hydrogen-bond acceptors (Lipinski definition) is 5. The van der Waals surface area contributed by atoms with Crippen molar-refractivity contribution in [3.05, 3.63) is 101 Å². The van der Waals surface area contributed by atoms with Crippen molar-refractivity contribution in [2.24, 2.45) is 0 Å². The molecule has 1 saturated heterocycles. The van der Waals surface area contributed by atoms with Crippen molar-refractivity contribution >= 4 is 11.7 Å². The number of nitrogens with zero attached hydrogens (tertiary/aromatic N) is 2. The van der Waals surface area contributed by atoms with Crippen LogP contribution in [0.2, 0.25) is 0 Å². The molecule has 0 aromatic heterocycles. The number of aliphatic hydroxyl groups excluding tert-OH is 1. The van der Waals surface area contributed by atoms with Gasteiger partial charge >= 0.3 is 5.97 Å². The van der Waals surface area contributed by atoms with E-state index in [4.69, 9.17) is 4.74 Å². The fraction of sp³-hybridized carbons (Fsp3) is 0.269. The molecule has 1 aliphatic heterocycles. The van der Waals surface area contributed by atoms with Crippen molar-refractivity contribution in [3.63, 3.8) is 0 Å². The highest BCUT2D eigenvalue weighted by molar-refractivity contribution is 5.89. The van der Waals surface area contributed by atoms with Gasteiger partial charge in [-0.3, -0.25) is 4.90 Å². The number of benzene rings is 3. The lowest BCUT2D eigenvalue weighted by Gasteiger charge is -2.36. The molecule has 3 aromatic rings. The van der Waals surface area contributed by atoms with E-state index >= 15 is 0 Å². The number of anilines is 1. The smallest absolute Gasteiger partial charge is 0.338 e. The summed E-state index contributed by atoms with van der Waals surface area (Å²) in [5.74, 6) is -0.297. The highest BCUT2D eigenvalue weighted by atomic mass is 16.5. The van der Waals surface area contributed by atoms with E-state index in [1.165, 1.54) is 11.3 Å². The fourth-order valence-corrected chi connectivity index (χ4v) is 3.83. The number of rotatable bonds is 7. The van der Waals surface area contributed by atoms with Crippen LogP contribution in [-0.2, 0) is 24.5 Å². The topological polar surface area (TPSA) is 53.0 Å². The Balaban J connectivity index is 1.26. The molecule has 5 nitrogen and oxygen atoms in total. The largest absolute Gasteiger partial charge is 0.457 e. The average Bonchev–Trinajstić information content (AvgIpc) is 2.84. The van der Waals surface area contributed by atoms with Gasteiger partial charge in [-0.1, -0.05) is 54.6 Å². The Morgan fingerprint density at radius 3 is 2.23 bits per heavy atom. The zero-order valence-corrected chi connectivity index (χ0v) is 17.6. The molecule has 1 heterocycles. The molecule has 3 aromatic carbocycles. The molecule has 31 heavy (non-hydrogen) atoms. The van der Waals surface area contributed by atoms with E-state index in [2.05, 4.69) is 21.9 Å². The first-order valence-electron chi connectivity index (χ1n) is 10.7. The van der Waals surface area contributed by atoms with E-state index in [0.717, 1.165) is 43.9 Å². The average molecular weight is 417 g/mol. The van der Waals surface area contributed by atoms with Crippen LogP contribution in [0.1, 0.15) is 27.0 Å². The number of hydrogen-bond donors (Lipinski definition) is 1. The highest BCUT2D eigenvalue weighted by Gasteiger charge is 2.18. The summed E-state index contributed by atoms with van der Waals surface area (Å²) >= 11 is 0. The minimum atomic E-state index is -0.297. The molecule has 1 N–H and O–H groups in total. The van der Waals surface area contributed by atoms with Gasteiger partial charge in [0.05, 0.1) is 12.2 Å². The molecular weight excluding hydrogens is 388 g/mol. The van der Waals surface area contributed by atoms with E-state index in [1.54, 1.807) is 0 Å². The van der Waals surface area contributed by atoms with Crippen molar-refractivity contribution in [2.45, 2.75) is 19.8 Å². The van der Waals surface area contributed by atoms with Gasteiger partial charge in [0.2, 0.25) is 0 Å². The Labute approximate surface area is 183 Å². The van der Waals surface area contributed by atoms with Gasteiger partial charge in [-0.15, -0.1) is 0 Å². The molecule has 0 aliphatic carbocycles. The Morgan fingerprint density at radius 2 is 1.52 bits per heavy atom.